The number of hydrogen-bond donors (Lipinski definition) is 0. The van der Waals surface area contributed by atoms with Gasteiger partial charge >= 0.3 is 0 Å². The van der Waals surface area contributed by atoms with Gasteiger partial charge < -0.3 is 9.22 Å². The van der Waals surface area contributed by atoms with Crippen LogP contribution in [0.15, 0.2) is 25.3 Å². The van der Waals surface area contributed by atoms with E-state index in [0.29, 0.717) is 6.42 Å². The van der Waals surface area contributed by atoms with Crippen LogP contribution in [0.25, 0.3) is 0 Å². The Labute approximate surface area is 107 Å². The fourth-order valence-corrected chi connectivity index (χ4v) is 2.61. The van der Waals surface area contributed by atoms with Crippen LogP contribution in [0.2, 0.25) is 18.1 Å². The Morgan fingerprint density at radius 1 is 1.24 bits per heavy atom. The molecule has 0 N–H and O–H groups in total. The summed E-state index contributed by atoms with van der Waals surface area (Å²) in [5, 5.41) is 0.154. The van der Waals surface area contributed by atoms with Gasteiger partial charge in [0.1, 0.15) is 6.29 Å². The van der Waals surface area contributed by atoms with Gasteiger partial charge in [-0.15, -0.1) is 13.2 Å². The van der Waals surface area contributed by atoms with Crippen LogP contribution < -0.4 is 0 Å². The van der Waals surface area contributed by atoms with Crippen molar-refractivity contribution in [3.05, 3.63) is 25.3 Å². The second kappa shape index (κ2) is 6.31. The maximum atomic E-state index is 10.6. The van der Waals surface area contributed by atoms with E-state index in [0.717, 1.165) is 6.29 Å². The summed E-state index contributed by atoms with van der Waals surface area (Å²) < 4.78 is 6.25. The van der Waals surface area contributed by atoms with Crippen LogP contribution in [0.5, 0.6) is 0 Å². The molecule has 0 aromatic carbocycles. The topological polar surface area (TPSA) is 26.3 Å². The summed E-state index contributed by atoms with van der Waals surface area (Å²) in [6.07, 6.45) is 4.82. The summed E-state index contributed by atoms with van der Waals surface area (Å²) >= 11 is 0. The highest BCUT2D eigenvalue weighted by Gasteiger charge is 2.39. The minimum atomic E-state index is -1.83. The molecule has 0 amide bonds. The lowest BCUT2D eigenvalue weighted by atomic mass is 10.00. The molecule has 0 fully saturated rings. The van der Waals surface area contributed by atoms with E-state index >= 15 is 0 Å². The zero-order valence-corrected chi connectivity index (χ0v) is 12.8. The third-order valence-corrected chi connectivity index (χ3v) is 8.04. The Morgan fingerprint density at radius 2 is 1.76 bits per heavy atom. The Balaban J connectivity index is 4.86. The molecule has 2 nitrogen and oxygen atoms in total. The first-order valence-corrected chi connectivity index (χ1v) is 8.97. The van der Waals surface area contributed by atoms with Gasteiger partial charge in [0.15, 0.2) is 8.32 Å². The highest BCUT2D eigenvalue weighted by molar-refractivity contribution is 6.74. The molecule has 2 atom stereocenters. The van der Waals surface area contributed by atoms with Crippen LogP contribution in [-0.4, -0.2) is 20.7 Å². The lowest BCUT2D eigenvalue weighted by Gasteiger charge is -2.40. The van der Waals surface area contributed by atoms with Gasteiger partial charge in [-0.3, -0.25) is 0 Å². The molecule has 3 heteroatoms. The van der Waals surface area contributed by atoms with E-state index in [2.05, 4.69) is 47.0 Å². The molecule has 0 saturated heterocycles. The summed E-state index contributed by atoms with van der Waals surface area (Å²) in [7, 11) is -1.83. The number of aldehydes is 1. The van der Waals surface area contributed by atoms with Gasteiger partial charge in [0, 0.05) is 12.3 Å². The van der Waals surface area contributed by atoms with Crippen LogP contribution in [0.4, 0.5) is 0 Å². The molecule has 17 heavy (non-hydrogen) atoms. The Morgan fingerprint density at radius 3 is 2.06 bits per heavy atom. The van der Waals surface area contributed by atoms with Gasteiger partial charge in [0.25, 0.3) is 0 Å². The van der Waals surface area contributed by atoms with E-state index in [1.807, 2.05) is 0 Å². The highest BCUT2D eigenvalue weighted by Crippen LogP contribution is 2.38. The predicted molar refractivity (Wildman–Crippen MR) is 76.6 cm³/mol. The fraction of sp³-hybridized carbons (Fsp3) is 0.643. The lowest BCUT2D eigenvalue weighted by molar-refractivity contribution is -0.108. The molecule has 0 unspecified atom stereocenters. The van der Waals surface area contributed by atoms with Crippen molar-refractivity contribution in [3.8, 4) is 0 Å². The van der Waals surface area contributed by atoms with Crippen LogP contribution in [0, 0.1) is 5.92 Å². The first-order chi connectivity index (χ1) is 7.69. The Bertz CT molecular complexity index is 276. The van der Waals surface area contributed by atoms with Gasteiger partial charge in [-0.25, -0.2) is 0 Å². The molecule has 0 aliphatic rings. The molecular weight excluding hydrogens is 228 g/mol. The Hall–Kier alpha value is -0.673. The monoisotopic (exact) mass is 254 g/mol. The van der Waals surface area contributed by atoms with E-state index < -0.39 is 8.32 Å². The molecular formula is C14H26O2Si. The summed E-state index contributed by atoms with van der Waals surface area (Å²) in [5.74, 6) is 0.0270. The predicted octanol–water partition coefficient (Wildman–Crippen LogP) is 3.95. The van der Waals surface area contributed by atoms with Gasteiger partial charge in [0.2, 0.25) is 0 Å². The standard InChI is InChI=1S/C14H26O2Si/c1-8-12(10-11-15)13(9-2)16-17(6,7)14(3,4)5/h8-9,11-13H,1-2,10H2,3-7H3/t12-,13+/m0/s1. The fourth-order valence-electron chi connectivity index (χ4n) is 1.30. The zero-order chi connectivity index (χ0) is 13.7. The SMILES string of the molecule is C=C[C@@H](CC=O)[C@@H](C=C)O[Si](C)(C)C(C)(C)C. The molecule has 0 aromatic rings. The number of carbonyl (C=O) groups is 1. The quantitative estimate of drug-likeness (QED) is 0.390. The molecule has 0 spiro atoms. The number of carbonyl (C=O) groups excluding carboxylic acids is 1. The number of rotatable bonds is 7. The van der Waals surface area contributed by atoms with E-state index in [4.69, 9.17) is 4.43 Å². The smallest absolute Gasteiger partial charge is 0.192 e. The van der Waals surface area contributed by atoms with Crippen molar-refractivity contribution in [3.63, 3.8) is 0 Å². The summed E-state index contributed by atoms with van der Waals surface area (Å²) in [6, 6.07) is 0. The zero-order valence-electron chi connectivity index (χ0n) is 11.8. The molecule has 0 rings (SSSR count). The van der Waals surface area contributed by atoms with Gasteiger partial charge in [-0.2, -0.15) is 0 Å². The lowest BCUT2D eigenvalue weighted by Crippen LogP contribution is -2.45. The van der Waals surface area contributed by atoms with Crippen molar-refractivity contribution in [1.82, 2.24) is 0 Å². The summed E-state index contributed by atoms with van der Waals surface area (Å²) in [5.41, 5.74) is 0. The van der Waals surface area contributed by atoms with Crippen molar-refractivity contribution in [2.75, 3.05) is 0 Å². The van der Waals surface area contributed by atoms with E-state index in [9.17, 15) is 4.79 Å². The van der Waals surface area contributed by atoms with Gasteiger partial charge in [-0.05, 0) is 18.1 Å². The minimum Gasteiger partial charge on any atom is -0.410 e. The molecule has 0 aromatic heterocycles. The van der Waals surface area contributed by atoms with E-state index in [1.54, 1.807) is 12.2 Å². The van der Waals surface area contributed by atoms with Crippen LogP contribution in [-0.2, 0) is 9.22 Å². The molecule has 0 aliphatic heterocycles. The van der Waals surface area contributed by atoms with Crippen molar-refractivity contribution < 1.29 is 9.22 Å². The van der Waals surface area contributed by atoms with Crippen LogP contribution in [0.3, 0.4) is 0 Å². The van der Waals surface area contributed by atoms with E-state index in [-0.39, 0.29) is 17.1 Å². The largest absolute Gasteiger partial charge is 0.410 e. The van der Waals surface area contributed by atoms with Gasteiger partial charge in [-0.1, -0.05) is 32.9 Å². The Kier molecular flexibility index (Phi) is 6.06. The molecule has 0 bridgehead atoms. The average molecular weight is 254 g/mol. The van der Waals surface area contributed by atoms with Crippen molar-refractivity contribution in [1.29, 1.82) is 0 Å². The van der Waals surface area contributed by atoms with Crippen molar-refractivity contribution >= 4 is 14.6 Å². The first-order valence-electron chi connectivity index (χ1n) is 6.06. The maximum absolute atomic E-state index is 10.6. The second-order valence-electron chi connectivity index (χ2n) is 5.88. The average Bonchev–Trinajstić information content (AvgIpc) is 2.21. The third kappa shape index (κ3) is 4.60. The summed E-state index contributed by atoms with van der Waals surface area (Å²) in [6.45, 7) is 18.6. The molecule has 0 heterocycles. The number of hydrogen-bond acceptors (Lipinski definition) is 2. The van der Waals surface area contributed by atoms with Crippen LogP contribution in [0.1, 0.15) is 27.2 Å². The van der Waals surface area contributed by atoms with Crippen LogP contribution >= 0.6 is 0 Å². The van der Waals surface area contributed by atoms with E-state index in [1.165, 1.54) is 0 Å². The molecule has 0 saturated carbocycles. The normalized spacial score (nSPS) is 16.1. The van der Waals surface area contributed by atoms with Gasteiger partial charge in [0.05, 0.1) is 6.10 Å². The highest BCUT2D eigenvalue weighted by atomic mass is 28.4. The summed E-state index contributed by atoms with van der Waals surface area (Å²) in [4.78, 5) is 10.6. The molecule has 0 aliphatic carbocycles. The maximum Gasteiger partial charge on any atom is 0.192 e. The molecule has 0 radical (unpaired) electrons. The first kappa shape index (κ1) is 16.3. The third-order valence-electron chi connectivity index (χ3n) is 3.56. The minimum absolute atomic E-state index is 0.0270. The second-order valence-corrected chi connectivity index (χ2v) is 10.6. The molecule has 98 valence electrons. The van der Waals surface area contributed by atoms with Crippen molar-refractivity contribution in [2.24, 2.45) is 5.92 Å². The van der Waals surface area contributed by atoms with Crippen molar-refractivity contribution in [2.45, 2.75) is 51.4 Å².